The Kier molecular flexibility index (Phi) is 5.07. The summed E-state index contributed by atoms with van der Waals surface area (Å²) in [6.45, 7) is 2.09. The van der Waals surface area contributed by atoms with Gasteiger partial charge in [0.2, 0.25) is 0 Å². The number of carbonyl (C=O) groups is 1. The molecule has 0 radical (unpaired) electrons. The average Bonchev–Trinajstić information content (AvgIpc) is 1.89. The smallest absolute Gasteiger partial charge is 0.320 e. The van der Waals surface area contributed by atoms with Gasteiger partial charge in [-0.05, 0) is 6.92 Å². The molecule has 0 aliphatic rings. The van der Waals surface area contributed by atoms with Gasteiger partial charge in [-0.25, -0.2) is 0 Å². The lowest BCUT2D eigenvalue weighted by Crippen LogP contribution is -2.02. The van der Waals surface area contributed by atoms with Crippen molar-refractivity contribution in [1.29, 1.82) is 5.26 Å². The van der Waals surface area contributed by atoms with Gasteiger partial charge < -0.3 is 4.74 Å². The Morgan fingerprint density at radius 3 is 3.00 bits per heavy atom. The van der Waals surface area contributed by atoms with Crippen LogP contribution in [0.15, 0.2) is 12.2 Å². The maximum Gasteiger partial charge on any atom is 0.320 e. The molecule has 3 nitrogen and oxygen atoms in total. The fraction of sp³-hybridized carbons (Fsp3) is 0.429. The normalized spacial score (nSPS) is 9.20. The van der Waals surface area contributed by atoms with Gasteiger partial charge in [0.15, 0.2) is 0 Å². The van der Waals surface area contributed by atoms with Crippen LogP contribution in [0, 0.1) is 11.3 Å². The van der Waals surface area contributed by atoms with Crippen LogP contribution in [-0.4, -0.2) is 12.6 Å². The van der Waals surface area contributed by atoms with Gasteiger partial charge in [-0.2, -0.15) is 5.26 Å². The van der Waals surface area contributed by atoms with Crippen LogP contribution in [0.3, 0.4) is 0 Å². The molecular formula is C7H9NO2. The second kappa shape index (κ2) is 5.83. The molecule has 0 amide bonds. The first-order valence-electron chi connectivity index (χ1n) is 2.95. The highest BCUT2D eigenvalue weighted by Crippen LogP contribution is 1.84. The molecule has 0 saturated carbocycles. The van der Waals surface area contributed by atoms with Crippen LogP contribution in [0.2, 0.25) is 0 Å². The van der Waals surface area contributed by atoms with Gasteiger partial charge >= 0.3 is 5.97 Å². The van der Waals surface area contributed by atoms with Gasteiger partial charge in [0.25, 0.3) is 0 Å². The minimum absolute atomic E-state index is 0.169. The van der Waals surface area contributed by atoms with Crippen LogP contribution < -0.4 is 0 Å². The summed E-state index contributed by atoms with van der Waals surface area (Å²) >= 11 is 0. The Morgan fingerprint density at radius 1 is 1.80 bits per heavy atom. The summed E-state index contributed by atoms with van der Waals surface area (Å²) in [7, 11) is 0. The lowest BCUT2D eigenvalue weighted by atomic mass is 10.5. The van der Waals surface area contributed by atoms with Crippen LogP contribution >= 0.6 is 0 Å². The molecule has 0 spiro atoms. The van der Waals surface area contributed by atoms with Gasteiger partial charge in [0.05, 0.1) is 6.07 Å². The van der Waals surface area contributed by atoms with E-state index in [9.17, 15) is 4.79 Å². The third-order valence-corrected chi connectivity index (χ3v) is 0.800. The highest BCUT2D eigenvalue weighted by Gasteiger charge is 1.96. The summed E-state index contributed by atoms with van der Waals surface area (Å²) in [6.07, 6.45) is 3.31. The predicted molar refractivity (Wildman–Crippen MR) is 36.0 cm³/mol. The van der Waals surface area contributed by atoms with Crippen LogP contribution in [0.25, 0.3) is 0 Å². The maximum atomic E-state index is 10.4. The average molecular weight is 139 g/mol. The quantitative estimate of drug-likeness (QED) is 0.433. The predicted octanol–water partition coefficient (Wildman–Crippen LogP) is 1.02. The molecule has 0 fully saturated rings. The molecule has 0 aromatic rings. The van der Waals surface area contributed by atoms with Crippen LogP contribution in [0.1, 0.15) is 13.3 Å². The molecule has 54 valence electrons. The number of nitriles is 1. The monoisotopic (exact) mass is 139 g/mol. The Bertz CT molecular complexity index is 167. The zero-order valence-corrected chi connectivity index (χ0v) is 5.83. The summed E-state index contributed by atoms with van der Waals surface area (Å²) < 4.78 is 4.57. The van der Waals surface area contributed by atoms with E-state index in [0.29, 0.717) is 0 Å². The topological polar surface area (TPSA) is 50.1 Å². The second-order valence-corrected chi connectivity index (χ2v) is 1.59. The van der Waals surface area contributed by atoms with E-state index in [1.165, 1.54) is 0 Å². The van der Waals surface area contributed by atoms with Crippen molar-refractivity contribution in [2.24, 2.45) is 0 Å². The van der Waals surface area contributed by atoms with Crippen molar-refractivity contribution in [3.63, 3.8) is 0 Å². The van der Waals surface area contributed by atoms with E-state index in [-0.39, 0.29) is 13.0 Å². The van der Waals surface area contributed by atoms with E-state index in [0.717, 1.165) is 0 Å². The lowest BCUT2D eigenvalue weighted by Gasteiger charge is -1.94. The zero-order chi connectivity index (χ0) is 7.82. The van der Waals surface area contributed by atoms with Crippen LogP contribution in [0.5, 0.6) is 0 Å². The molecule has 0 heterocycles. The molecular weight excluding hydrogens is 130 g/mol. The van der Waals surface area contributed by atoms with Crippen LogP contribution in [0.4, 0.5) is 0 Å². The summed E-state index contributed by atoms with van der Waals surface area (Å²) in [4.78, 5) is 10.4. The minimum Gasteiger partial charge on any atom is -0.461 e. The first kappa shape index (κ1) is 8.70. The molecule has 3 heteroatoms. The number of carbonyl (C=O) groups excluding carboxylic acids is 1. The standard InChI is InChI=1S/C7H9NO2/c1-2-3-6-10-7(9)4-5-8/h2-3H,4,6H2,1H3/b3-2+. The Hall–Kier alpha value is -1.30. The number of nitrogens with zero attached hydrogens (tertiary/aromatic N) is 1. The van der Waals surface area contributed by atoms with Crippen molar-refractivity contribution < 1.29 is 9.53 Å². The summed E-state index contributed by atoms with van der Waals surface area (Å²) in [5, 5.41) is 8.02. The van der Waals surface area contributed by atoms with Gasteiger partial charge in [-0.3, -0.25) is 4.79 Å². The van der Waals surface area contributed by atoms with E-state index in [2.05, 4.69) is 4.74 Å². The third kappa shape index (κ3) is 4.85. The molecule has 0 atom stereocenters. The molecule has 0 N–H and O–H groups in total. The minimum atomic E-state index is -0.472. The van der Waals surface area contributed by atoms with Crippen molar-refractivity contribution in [1.82, 2.24) is 0 Å². The SMILES string of the molecule is C/C=C/COC(=O)CC#N. The summed E-state index contributed by atoms with van der Waals surface area (Å²) in [5.74, 6) is -0.472. The van der Waals surface area contributed by atoms with E-state index < -0.39 is 5.97 Å². The fourth-order valence-corrected chi connectivity index (χ4v) is 0.353. The van der Waals surface area contributed by atoms with E-state index in [4.69, 9.17) is 5.26 Å². The number of ether oxygens (including phenoxy) is 1. The van der Waals surface area contributed by atoms with Gasteiger partial charge in [-0.15, -0.1) is 0 Å². The highest BCUT2D eigenvalue weighted by atomic mass is 16.5. The number of hydrogen-bond donors (Lipinski definition) is 0. The van der Waals surface area contributed by atoms with Crippen molar-refractivity contribution >= 4 is 5.97 Å². The third-order valence-electron chi connectivity index (χ3n) is 0.800. The first-order valence-corrected chi connectivity index (χ1v) is 2.95. The van der Waals surface area contributed by atoms with Crippen LogP contribution in [-0.2, 0) is 9.53 Å². The molecule has 0 saturated heterocycles. The van der Waals surface area contributed by atoms with Crippen molar-refractivity contribution in [2.75, 3.05) is 6.61 Å². The largest absolute Gasteiger partial charge is 0.461 e. The van der Waals surface area contributed by atoms with Gasteiger partial charge in [0.1, 0.15) is 13.0 Å². The number of esters is 1. The number of rotatable bonds is 3. The molecule has 0 unspecified atom stereocenters. The first-order chi connectivity index (χ1) is 4.81. The van der Waals surface area contributed by atoms with Gasteiger partial charge in [-0.1, -0.05) is 12.2 Å². The summed E-state index contributed by atoms with van der Waals surface area (Å²) in [6, 6.07) is 1.70. The molecule has 0 rings (SSSR count). The van der Waals surface area contributed by atoms with Gasteiger partial charge in [0, 0.05) is 0 Å². The molecule has 0 aliphatic heterocycles. The van der Waals surface area contributed by atoms with Crippen molar-refractivity contribution in [3.8, 4) is 6.07 Å². The van der Waals surface area contributed by atoms with E-state index in [1.54, 1.807) is 18.2 Å². The second-order valence-electron chi connectivity index (χ2n) is 1.59. The molecule has 10 heavy (non-hydrogen) atoms. The summed E-state index contributed by atoms with van der Waals surface area (Å²) in [5.41, 5.74) is 0. The molecule has 0 aromatic carbocycles. The molecule has 0 aliphatic carbocycles. The molecule has 0 aromatic heterocycles. The fourth-order valence-electron chi connectivity index (χ4n) is 0.353. The number of hydrogen-bond acceptors (Lipinski definition) is 3. The number of allylic oxidation sites excluding steroid dienone is 1. The Balaban J connectivity index is 3.33. The highest BCUT2D eigenvalue weighted by molar-refractivity contribution is 5.71. The van der Waals surface area contributed by atoms with E-state index in [1.807, 2.05) is 6.92 Å². The Morgan fingerprint density at radius 2 is 2.50 bits per heavy atom. The maximum absolute atomic E-state index is 10.4. The van der Waals surface area contributed by atoms with E-state index >= 15 is 0 Å². The molecule has 0 bridgehead atoms. The van der Waals surface area contributed by atoms with Crippen molar-refractivity contribution in [3.05, 3.63) is 12.2 Å². The zero-order valence-electron chi connectivity index (χ0n) is 5.83. The Labute approximate surface area is 59.9 Å². The van der Waals surface area contributed by atoms with Crippen molar-refractivity contribution in [2.45, 2.75) is 13.3 Å². The lowest BCUT2D eigenvalue weighted by molar-refractivity contribution is -0.141.